The molecule has 3 rings (SSSR count). The second kappa shape index (κ2) is 8.16. The van der Waals surface area contributed by atoms with E-state index < -0.39 is 6.04 Å². The average molecular weight is 344 g/mol. The molecule has 2 aliphatic rings. The minimum absolute atomic E-state index is 0.0341. The van der Waals surface area contributed by atoms with Gasteiger partial charge in [-0.2, -0.15) is 0 Å². The number of hydrogen-bond acceptors (Lipinski definition) is 4. The van der Waals surface area contributed by atoms with Crippen LogP contribution in [-0.4, -0.2) is 66.6 Å². The molecule has 2 unspecified atom stereocenters. The zero-order valence-electron chi connectivity index (χ0n) is 14.3. The number of rotatable bonds is 4. The molecule has 0 spiro atoms. The van der Waals surface area contributed by atoms with Gasteiger partial charge in [0.15, 0.2) is 0 Å². The summed E-state index contributed by atoms with van der Waals surface area (Å²) in [6.45, 7) is 5.83. The van der Waals surface area contributed by atoms with Crippen molar-refractivity contribution >= 4 is 11.8 Å². The van der Waals surface area contributed by atoms with Gasteiger partial charge in [-0.05, 0) is 31.1 Å². The second-order valence-corrected chi connectivity index (χ2v) is 6.31. The number of benzene rings is 1. The fourth-order valence-corrected chi connectivity index (χ4v) is 3.33. The molecule has 0 aromatic heterocycles. The van der Waals surface area contributed by atoms with Crippen LogP contribution in [0.25, 0.3) is 0 Å². The van der Waals surface area contributed by atoms with Crippen LogP contribution >= 0.6 is 0 Å². The topological polar surface area (TPSA) is 59.1 Å². The number of para-hydroxylation sites is 1. The Labute approximate surface area is 148 Å². The second-order valence-electron chi connectivity index (χ2n) is 6.31. The largest absolute Gasteiger partial charge is 0.489 e. The highest BCUT2D eigenvalue weighted by Crippen LogP contribution is 2.20. The molecule has 2 atom stereocenters. The van der Waals surface area contributed by atoms with Crippen molar-refractivity contribution in [3.05, 3.63) is 43.0 Å². The summed E-state index contributed by atoms with van der Waals surface area (Å²) in [6.07, 6.45) is 3.01. The Morgan fingerprint density at radius 2 is 2.04 bits per heavy atom. The van der Waals surface area contributed by atoms with Gasteiger partial charge in [0.25, 0.3) is 0 Å². The standard InChI is InChI=1S/C19H24N2O4/c1-2-18(22)21-11-12-24-14-17(21)19(23)20-10-6-9-16(13-20)25-15-7-4-3-5-8-15/h2-5,7-8,16-17H,1,6,9-14H2. The maximum absolute atomic E-state index is 12.9. The number of nitrogens with zero attached hydrogens (tertiary/aromatic N) is 2. The third-order valence-electron chi connectivity index (χ3n) is 4.61. The lowest BCUT2D eigenvalue weighted by molar-refractivity contribution is -0.153. The van der Waals surface area contributed by atoms with Crippen molar-refractivity contribution < 1.29 is 19.1 Å². The Hall–Kier alpha value is -2.34. The molecular formula is C19H24N2O4. The smallest absolute Gasteiger partial charge is 0.247 e. The number of morpholine rings is 1. The fourth-order valence-electron chi connectivity index (χ4n) is 3.33. The van der Waals surface area contributed by atoms with Gasteiger partial charge in [-0.15, -0.1) is 0 Å². The maximum Gasteiger partial charge on any atom is 0.247 e. The summed E-state index contributed by atoms with van der Waals surface area (Å²) in [5, 5.41) is 0. The SMILES string of the molecule is C=CC(=O)N1CCOCC1C(=O)N1CCCC(Oc2ccccc2)C1. The van der Waals surface area contributed by atoms with Crippen molar-refractivity contribution in [2.24, 2.45) is 0 Å². The minimum Gasteiger partial charge on any atom is -0.489 e. The lowest BCUT2D eigenvalue weighted by Crippen LogP contribution is -2.58. The zero-order chi connectivity index (χ0) is 17.6. The van der Waals surface area contributed by atoms with Crippen LogP contribution in [0.2, 0.25) is 0 Å². The molecule has 2 heterocycles. The molecule has 25 heavy (non-hydrogen) atoms. The number of carbonyl (C=O) groups excluding carboxylic acids is 2. The molecule has 2 amide bonds. The first-order valence-corrected chi connectivity index (χ1v) is 8.70. The molecule has 0 radical (unpaired) electrons. The van der Waals surface area contributed by atoms with Crippen molar-refractivity contribution in [2.45, 2.75) is 25.0 Å². The van der Waals surface area contributed by atoms with Crippen LogP contribution < -0.4 is 4.74 Å². The van der Waals surface area contributed by atoms with Crippen LogP contribution in [0.3, 0.4) is 0 Å². The Morgan fingerprint density at radius 1 is 1.24 bits per heavy atom. The average Bonchev–Trinajstić information content (AvgIpc) is 2.68. The van der Waals surface area contributed by atoms with E-state index in [1.54, 1.807) is 9.80 Å². The fraction of sp³-hybridized carbons (Fsp3) is 0.474. The van der Waals surface area contributed by atoms with Gasteiger partial charge >= 0.3 is 0 Å². The van der Waals surface area contributed by atoms with E-state index in [0.29, 0.717) is 26.2 Å². The van der Waals surface area contributed by atoms with Crippen LogP contribution in [0.4, 0.5) is 0 Å². The van der Waals surface area contributed by atoms with Crippen molar-refractivity contribution in [3.8, 4) is 5.75 Å². The van der Waals surface area contributed by atoms with Gasteiger partial charge < -0.3 is 19.3 Å². The lowest BCUT2D eigenvalue weighted by atomic mass is 10.1. The first-order chi connectivity index (χ1) is 12.2. The molecule has 2 fully saturated rings. The molecule has 1 aromatic carbocycles. The quantitative estimate of drug-likeness (QED) is 0.776. The van der Waals surface area contributed by atoms with Crippen molar-refractivity contribution in [2.75, 3.05) is 32.8 Å². The molecular weight excluding hydrogens is 320 g/mol. The van der Waals surface area contributed by atoms with Gasteiger partial charge in [0, 0.05) is 13.1 Å². The van der Waals surface area contributed by atoms with Crippen LogP contribution in [0.15, 0.2) is 43.0 Å². The first kappa shape index (κ1) is 17.5. The molecule has 0 aliphatic carbocycles. The van der Waals surface area contributed by atoms with E-state index in [0.717, 1.165) is 18.6 Å². The van der Waals surface area contributed by atoms with E-state index in [1.807, 2.05) is 30.3 Å². The molecule has 2 aliphatic heterocycles. The molecule has 134 valence electrons. The number of likely N-dealkylation sites (tertiary alicyclic amines) is 1. The van der Waals surface area contributed by atoms with Gasteiger partial charge in [-0.25, -0.2) is 0 Å². The Morgan fingerprint density at radius 3 is 2.80 bits per heavy atom. The summed E-state index contributed by atoms with van der Waals surface area (Å²) in [6, 6.07) is 9.06. The van der Waals surface area contributed by atoms with Gasteiger partial charge in [0.2, 0.25) is 11.8 Å². The first-order valence-electron chi connectivity index (χ1n) is 8.70. The summed E-state index contributed by atoms with van der Waals surface area (Å²) < 4.78 is 11.4. The summed E-state index contributed by atoms with van der Waals surface area (Å²) in [5.41, 5.74) is 0. The van der Waals surface area contributed by atoms with Gasteiger partial charge in [-0.1, -0.05) is 24.8 Å². The van der Waals surface area contributed by atoms with Crippen molar-refractivity contribution in [1.29, 1.82) is 0 Å². The Balaban J connectivity index is 1.64. The number of carbonyl (C=O) groups is 2. The number of ether oxygens (including phenoxy) is 2. The summed E-state index contributed by atoms with van der Waals surface area (Å²) in [5.74, 6) is 0.512. The van der Waals surface area contributed by atoms with Gasteiger partial charge in [0.05, 0.1) is 19.8 Å². The highest BCUT2D eigenvalue weighted by Gasteiger charge is 2.36. The van der Waals surface area contributed by atoms with E-state index >= 15 is 0 Å². The Kier molecular flexibility index (Phi) is 5.71. The monoisotopic (exact) mass is 344 g/mol. The third kappa shape index (κ3) is 4.20. The zero-order valence-corrected chi connectivity index (χ0v) is 14.3. The molecule has 6 heteroatoms. The minimum atomic E-state index is -0.574. The van der Waals surface area contributed by atoms with E-state index in [2.05, 4.69) is 6.58 Å². The van der Waals surface area contributed by atoms with Crippen LogP contribution in [0.5, 0.6) is 5.75 Å². The highest BCUT2D eigenvalue weighted by molar-refractivity contribution is 5.93. The maximum atomic E-state index is 12.9. The predicted molar refractivity (Wildman–Crippen MR) is 93.2 cm³/mol. The van der Waals surface area contributed by atoms with E-state index in [1.165, 1.54) is 6.08 Å². The third-order valence-corrected chi connectivity index (χ3v) is 4.61. The number of piperidine rings is 1. The predicted octanol–water partition coefficient (Wildman–Crippen LogP) is 1.47. The summed E-state index contributed by atoms with van der Waals surface area (Å²) >= 11 is 0. The normalized spacial score (nSPS) is 23.8. The highest BCUT2D eigenvalue weighted by atomic mass is 16.5. The van der Waals surface area contributed by atoms with Crippen molar-refractivity contribution in [1.82, 2.24) is 9.80 Å². The Bertz CT molecular complexity index is 619. The van der Waals surface area contributed by atoms with E-state index in [9.17, 15) is 9.59 Å². The lowest BCUT2D eigenvalue weighted by Gasteiger charge is -2.39. The van der Waals surface area contributed by atoms with E-state index in [-0.39, 0.29) is 24.5 Å². The molecule has 1 aromatic rings. The molecule has 0 bridgehead atoms. The molecule has 6 nitrogen and oxygen atoms in total. The summed E-state index contributed by atoms with van der Waals surface area (Å²) in [4.78, 5) is 28.3. The van der Waals surface area contributed by atoms with Crippen LogP contribution in [0.1, 0.15) is 12.8 Å². The molecule has 2 saturated heterocycles. The molecule has 0 saturated carbocycles. The van der Waals surface area contributed by atoms with E-state index in [4.69, 9.17) is 9.47 Å². The van der Waals surface area contributed by atoms with Gasteiger partial charge in [-0.3, -0.25) is 9.59 Å². The molecule has 0 N–H and O–H groups in total. The van der Waals surface area contributed by atoms with Crippen LogP contribution in [0, 0.1) is 0 Å². The van der Waals surface area contributed by atoms with Gasteiger partial charge in [0.1, 0.15) is 17.9 Å². The van der Waals surface area contributed by atoms with Crippen molar-refractivity contribution in [3.63, 3.8) is 0 Å². The van der Waals surface area contributed by atoms with Crippen LogP contribution in [-0.2, 0) is 14.3 Å². The summed E-state index contributed by atoms with van der Waals surface area (Å²) in [7, 11) is 0. The number of hydrogen-bond donors (Lipinski definition) is 0. The number of amides is 2.